The fourth-order valence-electron chi connectivity index (χ4n) is 3.12. The number of hydrogen-bond donors (Lipinski definition) is 2. The summed E-state index contributed by atoms with van der Waals surface area (Å²) in [5, 5.41) is 2.95. The van der Waals surface area contributed by atoms with E-state index >= 15 is 0 Å². The van der Waals surface area contributed by atoms with Crippen LogP contribution in [0.4, 0.5) is 0 Å². The lowest BCUT2D eigenvalue weighted by molar-refractivity contribution is 0.0883. The highest BCUT2D eigenvalue weighted by Crippen LogP contribution is 2.26. The molecule has 0 saturated carbocycles. The van der Waals surface area contributed by atoms with Gasteiger partial charge in [0, 0.05) is 24.7 Å². The van der Waals surface area contributed by atoms with Crippen LogP contribution in [0.5, 0.6) is 0 Å². The van der Waals surface area contributed by atoms with Gasteiger partial charge in [0.2, 0.25) is 10.0 Å². The largest absolute Gasteiger partial charge is 0.345 e. The molecule has 1 aliphatic heterocycles. The second-order valence-corrected chi connectivity index (χ2v) is 9.61. The Balaban J connectivity index is 2.28. The lowest BCUT2D eigenvalue weighted by Crippen LogP contribution is -2.55. The molecule has 26 heavy (non-hydrogen) atoms. The minimum Gasteiger partial charge on any atom is -0.345 e. The van der Waals surface area contributed by atoms with E-state index in [1.807, 2.05) is 27.7 Å². The van der Waals surface area contributed by atoms with E-state index in [2.05, 4.69) is 5.32 Å². The molecule has 2 unspecified atom stereocenters. The van der Waals surface area contributed by atoms with Gasteiger partial charge in [0.25, 0.3) is 5.91 Å². The molecule has 0 aliphatic carbocycles. The molecule has 2 rings (SSSR count). The third-order valence-electron chi connectivity index (χ3n) is 5.54. The average molecular weight is 382 g/mol. The van der Waals surface area contributed by atoms with Crippen LogP contribution < -0.4 is 11.1 Å². The van der Waals surface area contributed by atoms with Gasteiger partial charge in [-0.2, -0.15) is 4.31 Å². The number of carbonyl (C=O) groups excluding carboxylic acids is 1. The van der Waals surface area contributed by atoms with Crippen molar-refractivity contribution in [1.29, 1.82) is 0 Å². The first-order chi connectivity index (χ1) is 12.1. The number of carbonyl (C=O) groups is 1. The van der Waals surface area contributed by atoms with Crippen LogP contribution in [-0.2, 0) is 10.0 Å². The number of sulfonamides is 1. The summed E-state index contributed by atoms with van der Waals surface area (Å²) in [7, 11) is -3.60. The fraction of sp³-hybridized carbons (Fsp3) is 0.632. The van der Waals surface area contributed by atoms with E-state index in [4.69, 9.17) is 5.73 Å². The molecule has 1 aromatic carbocycles. The molecule has 1 heterocycles. The Labute approximate surface area is 157 Å². The molecule has 1 aliphatic rings. The van der Waals surface area contributed by atoms with E-state index in [-0.39, 0.29) is 22.8 Å². The van der Waals surface area contributed by atoms with Crippen LogP contribution in [0.25, 0.3) is 0 Å². The summed E-state index contributed by atoms with van der Waals surface area (Å²) in [6.45, 7) is 8.64. The van der Waals surface area contributed by atoms with Gasteiger partial charge < -0.3 is 11.1 Å². The van der Waals surface area contributed by atoms with E-state index in [1.54, 1.807) is 22.5 Å². The van der Waals surface area contributed by atoms with Crippen molar-refractivity contribution in [3.63, 3.8) is 0 Å². The monoisotopic (exact) mass is 381 g/mol. The number of piperidine rings is 1. The van der Waals surface area contributed by atoms with Crippen LogP contribution in [0.1, 0.15) is 57.3 Å². The zero-order valence-electron chi connectivity index (χ0n) is 16.2. The molecule has 3 N–H and O–H groups in total. The molecule has 6 nitrogen and oxygen atoms in total. The normalized spacial score (nSPS) is 21.4. The summed E-state index contributed by atoms with van der Waals surface area (Å²) in [4.78, 5) is 12.8. The smallest absolute Gasteiger partial charge is 0.251 e. The van der Waals surface area contributed by atoms with Crippen molar-refractivity contribution in [2.24, 2.45) is 11.7 Å². The lowest BCUT2D eigenvalue weighted by atomic mass is 9.88. The van der Waals surface area contributed by atoms with Crippen LogP contribution >= 0.6 is 0 Å². The molecule has 1 fully saturated rings. The first kappa shape index (κ1) is 20.9. The molecule has 0 aromatic heterocycles. The fourth-order valence-corrected chi connectivity index (χ4v) is 4.87. The quantitative estimate of drug-likeness (QED) is 0.791. The Hall–Kier alpha value is -1.44. The minimum atomic E-state index is -3.60. The van der Waals surface area contributed by atoms with Gasteiger partial charge in [-0.3, -0.25) is 4.79 Å². The highest BCUT2D eigenvalue weighted by atomic mass is 32.2. The second-order valence-electron chi connectivity index (χ2n) is 7.72. The predicted molar refractivity (Wildman–Crippen MR) is 103 cm³/mol. The van der Waals surface area contributed by atoms with E-state index in [0.717, 1.165) is 19.3 Å². The Bertz CT molecular complexity index is 748. The average Bonchev–Trinajstić information content (AvgIpc) is 2.61. The third-order valence-corrected chi connectivity index (χ3v) is 7.55. The molecule has 1 aromatic rings. The van der Waals surface area contributed by atoms with Crippen LogP contribution in [0.2, 0.25) is 0 Å². The molecule has 1 saturated heterocycles. The van der Waals surface area contributed by atoms with Crippen molar-refractivity contribution in [2.45, 2.75) is 63.4 Å². The summed E-state index contributed by atoms with van der Waals surface area (Å²) in [6, 6.07) is 6.24. The van der Waals surface area contributed by atoms with E-state index < -0.39 is 15.6 Å². The Morgan fingerprint density at radius 3 is 2.65 bits per heavy atom. The Morgan fingerprint density at radius 1 is 1.38 bits per heavy atom. The molecule has 7 heteroatoms. The summed E-state index contributed by atoms with van der Waals surface area (Å²) in [5.74, 6) is -0.159. The van der Waals surface area contributed by atoms with Crippen LogP contribution in [0.15, 0.2) is 29.2 Å². The summed E-state index contributed by atoms with van der Waals surface area (Å²) >= 11 is 0. The first-order valence-electron chi connectivity index (χ1n) is 9.26. The van der Waals surface area contributed by atoms with Crippen molar-refractivity contribution in [3.8, 4) is 0 Å². The predicted octanol–water partition coefficient (Wildman–Crippen LogP) is 2.35. The maximum atomic E-state index is 13.0. The summed E-state index contributed by atoms with van der Waals surface area (Å²) in [5.41, 5.74) is 5.61. The number of benzene rings is 1. The van der Waals surface area contributed by atoms with E-state index in [1.165, 1.54) is 6.07 Å². The van der Waals surface area contributed by atoms with Crippen molar-refractivity contribution >= 4 is 15.9 Å². The molecule has 146 valence electrons. The van der Waals surface area contributed by atoms with Crippen molar-refractivity contribution in [2.75, 3.05) is 13.1 Å². The highest BCUT2D eigenvalue weighted by molar-refractivity contribution is 7.89. The van der Waals surface area contributed by atoms with E-state index in [0.29, 0.717) is 18.7 Å². The Morgan fingerprint density at radius 2 is 2.08 bits per heavy atom. The number of nitrogens with one attached hydrogen (secondary N) is 1. The van der Waals surface area contributed by atoms with Crippen LogP contribution in [0.3, 0.4) is 0 Å². The molecule has 1 amide bonds. The molecule has 0 bridgehead atoms. The van der Waals surface area contributed by atoms with E-state index in [9.17, 15) is 13.2 Å². The molecule has 0 spiro atoms. The molecular weight excluding hydrogens is 350 g/mol. The zero-order valence-corrected chi connectivity index (χ0v) is 17.0. The van der Waals surface area contributed by atoms with Gasteiger partial charge in [-0.15, -0.1) is 0 Å². The lowest BCUT2D eigenvalue weighted by Gasteiger charge is -2.34. The number of hydrogen-bond acceptors (Lipinski definition) is 4. The Kier molecular flexibility index (Phi) is 6.47. The van der Waals surface area contributed by atoms with Gasteiger partial charge in [0.1, 0.15) is 0 Å². The van der Waals surface area contributed by atoms with Crippen LogP contribution in [0, 0.1) is 5.92 Å². The summed E-state index contributed by atoms with van der Waals surface area (Å²) < 4.78 is 27.5. The number of nitrogens with two attached hydrogens (primary N) is 1. The third kappa shape index (κ3) is 4.27. The maximum Gasteiger partial charge on any atom is 0.251 e. The van der Waals surface area contributed by atoms with Gasteiger partial charge in [0.15, 0.2) is 0 Å². The topological polar surface area (TPSA) is 92.5 Å². The highest BCUT2D eigenvalue weighted by Gasteiger charge is 2.32. The van der Waals surface area contributed by atoms with Crippen LogP contribution in [-0.4, -0.2) is 43.3 Å². The first-order valence-corrected chi connectivity index (χ1v) is 10.7. The summed E-state index contributed by atoms with van der Waals surface area (Å²) in [6.07, 6.45) is 2.78. The second kappa shape index (κ2) is 8.06. The maximum absolute atomic E-state index is 13.0. The number of amides is 1. The van der Waals surface area contributed by atoms with Gasteiger partial charge in [-0.1, -0.05) is 26.3 Å². The van der Waals surface area contributed by atoms with Gasteiger partial charge >= 0.3 is 0 Å². The van der Waals surface area contributed by atoms with Crippen molar-refractivity contribution < 1.29 is 13.2 Å². The van der Waals surface area contributed by atoms with Gasteiger partial charge in [-0.05, 0) is 50.8 Å². The minimum absolute atomic E-state index is 0.0206. The molecule has 2 atom stereocenters. The number of nitrogens with zero attached hydrogens (tertiary/aromatic N) is 1. The molecule has 0 radical (unpaired) electrons. The van der Waals surface area contributed by atoms with Crippen molar-refractivity contribution in [3.05, 3.63) is 29.8 Å². The SMILES string of the molecule is CC1CCCCN1S(=O)(=O)c1cccc(C(=O)NC(C)(CN)C(C)C)c1. The molecular formula is C19H31N3O3S. The van der Waals surface area contributed by atoms with Gasteiger partial charge in [0.05, 0.1) is 10.4 Å². The standard InChI is InChI=1S/C19H31N3O3S/c1-14(2)19(4,13-20)21-18(23)16-9-7-10-17(12-16)26(24,25)22-11-6-5-8-15(22)3/h7,9-10,12,14-15H,5-6,8,11,13,20H2,1-4H3,(H,21,23). The zero-order chi connectivity index (χ0) is 19.5. The van der Waals surface area contributed by atoms with Gasteiger partial charge in [-0.25, -0.2) is 8.42 Å². The number of rotatable bonds is 6. The van der Waals surface area contributed by atoms with Crippen molar-refractivity contribution in [1.82, 2.24) is 9.62 Å².